The number of amides is 1. The number of aliphatic carboxylic acids is 1. The molecule has 0 aromatic rings. The van der Waals surface area contributed by atoms with Crippen LogP contribution in [0.15, 0.2) is 0 Å². The van der Waals surface area contributed by atoms with Gasteiger partial charge >= 0.3 is 5.97 Å². The van der Waals surface area contributed by atoms with Crippen LogP contribution < -0.4 is 5.32 Å². The Hall–Kier alpha value is -0.750. The number of thioether (sulfide) groups is 1. The van der Waals surface area contributed by atoms with Crippen molar-refractivity contribution in [2.24, 2.45) is 0 Å². The highest BCUT2D eigenvalue weighted by Crippen LogP contribution is 2.00. The third-order valence-electron chi connectivity index (χ3n) is 1.18. The zero-order valence-corrected chi connectivity index (χ0v) is 9.06. The lowest BCUT2D eigenvalue weighted by atomic mass is 10.1. The van der Waals surface area contributed by atoms with Crippen LogP contribution in [-0.2, 0) is 9.59 Å². The van der Waals surface area contributed by atoms with Gasteiger partial charge in [0.1, 0.15) is 0 Å². The lowest BCUT2D eigenvalue weighted by Gasteiger charge is -2.17. The molecule has 0 fully saturated rings. The second kappa shape index (κ2) is 5.87. The van der Waals surface area contributed by atoms with Crippen molar-refractivity contribution in [3.63, 3.8) is 0 Å². The van der Waals surface area contributed by atoms with E-state index in [9.17, 15) is 14.7 Å². The largest absolute Gasteiger partial charge is 0.481 e. The normalized spacial score (nSPS) is 11.1. The van der Waals surface area contributed by atoms with E-state index in [1.54, 1.807) is 13.8 Å². The Morgan fingerprint density at radius 2 is 1.93 bits per heavy atom. The van der Waals surface area contributed by atoms with Crippen molar-refractivity contribution in [2.45, 2.75) is 19.4 Å². The zero-order chi connectivity index (χ0) is 11.2. The molecule has 0 aromatic heterocycles. The molecule has 82 valence electrons. The van der Waals surface area contributed by atoms with Crippen molar-refractivity contribution in [3.05, 3.63) is 0 Å². The van der Waals surface area contributed by atoms with Gasteiger partial charge in [-0.25, -0.2) is 0 Å². The topological polar surface area (TPSA) is 86.6 Å². The third kappa shape index (κ3) is 9.34. The molecule has 0 radical (unpaired) electrons. The molecule has 0 aromatic carbocycles. The van der Waals surface area contributed by atoms with Crippen molar-refractivity contribution in [2.75, 3.05) is 18.1 Å². The molecule has 0 heterocycles. The second-order valence-electron chi connectivity index (χ2n) is 3.48. The molecule has 3 N–H and O–H groups in total. The highest BCUT2D eigenvalue weighted by Gasteiger charge is 2.13. The fourth-order valence-corrected chi connectivity index (χ4v) is 1.16. The summed E-state index contributed by atoms with van der Waals surface area (Å²) in [4.78, 5) is 21.1. The van der Waals surface area contributed by atoms with Crippen LogP contribution in [0.25, 0.3) is 0 Å². The summed E-state index contributed by atoms with van der Waals surface area (Å²) in [5.41, 5.74) is -0.937. The maximum atomic E-state index is 11.0. The van der Waals surface area contributed by atoms with Crippen molar-refractivity contribution in [1.29, 1.82) is 0 Å². The number of hydrogen-bond acceptors (Lipinski definition) is 4. The fourth-order valence-electron chi connectivity index (χ4n) is 0.597. The summed E-state index contributed by atoms with van der Waals surface area (Å²) in [5, 5.41) is 20.1. The van der Waals surface area contributed by atoms with Gasteiger partial charge in [0.25, 0.3) is 0 Å². The van der Waals surface area contributed by atoms with Crippen molar-refractivity contribution in [3.8, 4) is 0 Å². The Bertz CT molecular complexity index is 212. The van der Waals surface area contributed by atoms with Gasteiger partial charge in [-0.2, -0.15) is 0 Å². The number of carbonyl (C=O) groups is 2. The quantitative estimate of drug-likeness (QED) is 0.573. The molecule has 5 nitrogen and oxygen atoms in total. The van der Waals surface area contributed by atoms with E-state index in [4.69, 9.17) is 5.11 Å². The van der Waals surface area contributed by atoms with Crippen LogP contribution in [0.2, 0.25) is 0 Å². The summed E-state index contributed by atoms with van der Waals surface area (Å²) >= 11 is 1.03. The smallest absolute Gasteiger partial charge is 0.313 e. The first-order valence-corrected chi connectivity index (χ1v) is 5.25. The fraction of sp³-hybridized carbons (Fsp3) is 0.750. The third-order valence-corrected chi connectivity index (χ3v) is 2.09. The van der Waals surface area contributed by atoms with Gasteiger partial charge in [-0.05, 0) is 13.8 Å². The summed E-state index contributed by atoms with van der Waals surface area (Å²) in [6.45, 7) is 3.33. The minimum atomic E-state index is -0.940. The summed E-state index contributed by atoms with van der Waals surface area (Å²) in [6, 6.07) is 0. The number of carboxylic acid groups (broad SMARTS) is 1. The Balaban J connectivity index is 3.52. The summed E-state index contributed by atoms with van der Waals surface area (Å²) < 4.78 is 0. The van der Waals surface area contributed by atoms with Gasteiger partial charge < -0.3 is 15.5 Å². The second-order valence-corrected chi connectivity index (χ2v) is 4.46. The molecular formula is C8H15NO4S. The Kier molecular flexibility index (Phi) is 5.56. The average molecular weight is 221 g/mol. The first-order chi connectivity index (χ1) is 6.31. The van der Waals surface area contributed by atoms with Crippen LogP contribution in [0.4, 0.5) is 0 Å². The number of hydrogen-bond donors (Lipinski definition) is 3. The number of rotatable bonds is 6. The maximum absolute atomic E-state index is 11.0. The van der Waals surface area contributed by atoms with Gasteiger partial charge in [-0.15, -0.1) is 11.8 Å². The van der Waals surface area contributed by atoms with E-state index >= 15 is 0 Å². The van der Waals surface area contributed by atoms with E-state index in [1.807, 2.05) is 0 Å². The first kappa shape index (κ1) is 13.2. The Labute approximate surface area is 86.9 Å². The van der Waals surface area contributed by atoms with Gasteiger partial charge in [0, 0.05) is 6.54 Å². The minimum absolute atomic E-state index is 0.0874. The summed E-state index contributed by atoms with van der Waals surface area (Å²) in [5.74, 6) is -1.19. The molecule has 0 aliphatic heterocycles. The van der Waals surface area contributed by atoms with Gasteiger partial charge in [0.15, 0.2) is 0 Å². The molecule has 0 rings (SSSR count). The van der Waals surface area contributed by atoms with Gasteiger partial charge in [-0.3, -0.25) is 9.59 Å². The molecule has 0 aliphatic carbocycles. The lowest BCUT2D eigenvalue weighted by molar-refractivity contribution is -0.133. The lowest BCUT2D eigenvalue weighted by Crippen LogP contribution is -2.39. The van der Waals surface area contributed by atoms with Crippen molar-refractivity contribution in [1.82, 2.24) is 5.32 Å². The molecule has 0 saturated heterocycles. The van der Waals surface area contributed by atoms with Gasteiger partial charge in [-0.1, -0.05) is 0 Å². The van der Waals surface area contributed by atoms with Crippen LogP contribution in [0.3, 0.4) is 0 Å². The van der Waals surface area contributed by atoms with Crippen molar-refractivity contribution < 1.29 is 19.8 Å². The molecular weight excluding hydrogens is 206 g/mol. The molecule has 0 atom stereocenters. The van der Waals surface area contributed by atoms with E-state index in [0.717, 1.165) is 11.8 Å². The minimum Gasteiger partial charge on any atom is -0.481 e. The van der Waals surface area contributed by atoms with E-state index in [1.165, 1.54) is 0 Å². The van der Waals surface area contributed by atoms with Crippen LogP contribution in [-0.4, -0.2) is 45.7 Å². The monoisotopic (exact) mass is 221 g/mol. The highest BCUT2D eigenvalue weighted by molar-refractivity contribution is 8.00. The Morgan fingerprint density at radius 3 is 2.36 bits per heavy atom. The van der Waals surface area contributed by atoms with Crippen LogP contribution in [0.5, 0.6) is 0 Å². The van der Waals surface area contributed by atoms with Crippen LogP contribution in [0, 0.1) is 0 Å². The SMILES string of the molecule is CC(C)(O)CNC(=O)CSCC(=O)O. The summed E-state index contributed by atoms with van der Waals surface area (Å²) in [6.07, 6.45) is 0. The Morgan fingerprint density at radius 1 is 1.36 bits per heavy atom. The number of carboxylic acids is 1. The molecule has 1 amide bonds. The molecule has 0 bridgehead atoms. The molecule has 0 saturated carbocycles. The maximum Gasteiger partial charge on any atom is 0.313 e. The molecule has 6 heteroatoms. The molecule has 0 unspecified atom stereocenters. The first-order valence-electron chi connectivity index (χ1n) is 4.10. The number of nitrogens with one attached hydrogen (secondary N) is 1. The highest BCUT2D eigenvalue weighted by atomic mass is 32.2. The molecule has 14 heavy (non-hydrogen) atoms. The van der Waals surface area contributed by atoms with Crippen LogP contribution >= 0.6 is 11.8 Å². The zero-order valence-electron chi connectivity index (χ0n) is 8.24. The standard InChI is InChI=1S/C8H15NO4S/c1-8(2,13)5-9-6(10)3-14-4-7(11)12/h13H,3-5H2,1-2H3,(H,9,10)(H,11,12). The predicted octanol–water partition coefficient (Wildman–Crippen LogP) is -0.309. The van der Waals surface area contributed by atoms with Crippen LogP contribution in [0.1, 0.15) is 13.8 Å². The van der Waals surface area contributed by atoms with Gasteiger partial charge in [0.2, 0.25) is 5.91 Å². The summed E-state index contributed by atoms with van der Waals surface area (Å²) in [7, 11) is 0. The van der Waals surface area contributed by atoms with E-state index in [0.29, 0.717) is 0 Å². The predicted molar refractivity (Wildman–Crippen MR) is 54.3 cm³/mol. The average Bonchev–Trinajstić information content (AvgIpc) is 1.99. The van der Waals surface area contributed by atoms with Crippen molar-refractivity contribution >= 4 is 23.6 Å². The van der Waals surface area contributed by atoms with Gasteiger partial charge in [0.05, 0.1) is 17.1 Å². The molecule has 0 aliphatic rings. The van der Waals surface area contributed by atoms with E-state index in [2.05, 4.69) is 5.32 Å². The number of carbonyl (C=O) groups excluding carboxylic acids is 1. The van der Waals surface area contributed by atoms with E-state index < -0.39 is 11.6 Å². The molecule has 0 spiro atoms. The number of aliphatic hydroxyl groups is 1. The van der Waals surface area contributed by atoms with E-state index in [-0.39, 0.29) is 24.0 Å².